The molecule has 0 saturated carbocycles. The SMILES string of the molecule is CCC(C)COc1c(F)cc(S(=O)(=O)Cl)cc1F. The van der Waals surface area contributed by atoms with Crippen LogP contribution in [0.1, 0.15) is 20.3 Å². The topological polar surface area (TPSA) is 43.4 Å². The molecule has 3 nitrogen and oxygen atoms in total. The van der Waals surface area contributed by atoms with Crippen molar-refractivity contribution in [3.05, 3.63) is 23.8 Å². The molecule has 102 valence electrons. The van der Waals surface area contributed by atoms with Gasteiger partial charge in [0.05, 0.1) is 11.5 Å². The maximum absolute atomic E-state index is 13.5. The molecule has 7 heteroatoms. The Kier molecular flexibility index (Phi) is 4.92. The van der Waals surface area contributed by atoms with E-state index >= 15 is 0 Å². The molecule has 1 aromatic rings. The molecule has 0 bridgehead atoms. The summed E-state index contributed by atoms with van der Waals surface area (Å²) in [7, 11) is 0.839. The van der Waals surface area contributed by atoms with Gasteiger partial charge < -0.3 is 4.74 Å². The van der Waals surface area contributed by atoms with E-state index in [1.807, 2.05) is 13.8 Å². The molecule has 18 heavy (non-hydrogen) atoms. The zero-order valence-corrected chi connectivity index (χ0v) is 11.5. The van der Waals surface area contributed by atoms with Crippen molar-refractivity contribution in [2.24, 2.45) is 5.92 Å². The van der Waals surface area contributed by atoms with Crippen LogP contribution in [0.25, 0.3) is 0 Å². The van der Waals surface area contributed by atoms with Crippen molar-refractivity contribution in [3.63, 3.8) is 0 Å². The number of halogens is 3. The van der Waals surface area contributed by atoms with E-state index < -0.39 is 31.3 Å². The lowest BCUT2D eigenvalue weighted by atomic mass is 10.1. The van der Waals surface area contributed by atoms with Crippen LogP contribution in [0.2, 0.25) is 0 Å². The van der Waals surface area contributed by atoms with Gasteiger partial charge in [0.1, 0.15) is 0 Å². The van der Waals surface area contributed by atoms with Crippen LogP contribution in [0.5, 0.6) is 5.75 Å². The van der Waals surface area contributed by atoms with Crippen LogP contribution in [0.4, 0.5) is 8.78 Å². The molecule has 0 aliphatic carbocycles. The molecular formula is C11H13ClF2O3S. The van der Waals surface area contributed by atoms with E-state index in [-0.39, 0.29) is 12.5 Å². The van der Waals surface area contributed by atoms with Gasteiger partial charge in [0.2, 0.25) is 0 Å². The lowest BCUT2D eigenvalue weighted by molar-refractivity contribution is 0.234. The normalized spacial score (nSPS) is 13.4. The molecule has 0 N–H and O–H groups in total. The highest BCUT2D eigenvalue weighted by Gasteiger charge is 2.19. The van der Waals surface area contributed by atoms with Gasteiger partial charge in [-0.05, 0) is 18.1 Å². The second kappa shape index (κ2) is 5.84. The summed E-state index contributed by atoms with van der Waals surface area (Å²) in [4.78, 5) is -0.630. The molecular weight excluding hydrogens is 286 g/mol. The summed E-state index contributed by atoms with van der Waals surface area (Å²) in [6.07, 6.45) is 0.803. The lowest BCUT2D eigenvalue weighted by Gasteiger charge is -2.12. The van der Waals surface area contributed by atoms with Gasteiger partial charge in [0.25, 0.3) is 9.05 Å². The first-order valence-corrected chi connectivity index (χ1v) is 7.63. The molecule has 1 rings (SSSR count). The van der Waals surface area contributed by atoms with Crippen LogP contribution in [0.15, 0.2) is 17.0 Å². The van der Waals surface area contributed by atoms with E-state index in [1.165, 1.54) is 0 Å². The zero-order chi connectivity index (χ0) is 13.9. The Morgan fingerprint density at radius 3 is 2.22 bits per heavy atom. The van der Waals surface area contributed by atoms with Crippen molar-refractivity contribution in [2.45, 2.75) is 25.2 Å². The van der Waals surface area contributed by atoms with Gasteiger partial charge in [-0.2, -0.15) is 0 Å². The lowest BCUT2D eigenvalue weighted by Crippen LogP contribution is -2.10. The Balaban J connectivity index is 3.02. The fourth-order valence-corrected chi connectivity index (χ4v) is 1.91. The number of ether oxygens (including phenoxy) is 1. The van der Waals surface area contributed by atoms with Gasteiger partial charge in [-0.15, -0.1) is 0 Å². The van der Waals surface area contributed by atoms with Crippen molar-refractivity contribution in [2.75, 3.05) is 6.61 Å². The smallest absolute Gasteiger partial charge is 0.261 e. The Morgan fingerprint density at radius 2 is 1.83 bits per heavy atom. The molecule has 0 aliphatic heterocycles. The summed E-state index contributed by atoms with van der Waals surface area (Å²) >= 11 is 0. The zero-order valence-electron chi connectivity index (χ0n) is 9.91. The minimum absolute atomic E-state index is 0.139. The monoisotopic (exact) mass is 298 g/mol. The summed E-state index contributed by atoms with van der Waals surface area (Å²) in [6.45, 7) is 3.94. The summed E-state index contributed by atoms with van der Waals surface area (Å²) in [5.74, 6) is -2.62. The first-order chi connectivity index (χ1) is 8.25. The van der Waals surface area contributed by atoms with E-state index in [2.05, 4.69) is 0 Å². The number of hydrogen-bond acceptors (Lipinski definition) is 3. The Hall–Kier alpha value is -0.880. The predicted octanol–water partition coefficient (Wildman–Crippen LogP) is 3.32. The molecule has 0 radical (unpaired) electrons. The van der Waals surface area contributed by atoms with E-state index in [0.717, 1.165) is 6.42 Å². The highest BCUT2D eigenvalue weighted by molar-refractivity contribution is 8.13. The van der Waals surface area contributed by atoms with Crippen LogP contribution < -0.4 is 4.74 Å². The first kappa shape index (κ1) is 15.2. The molecule has 1 atom stereocenters. The minimum atomic E-state index is -4.16. The maximum atomic E-state index is 13.5. The summed E-state index contributed by atoms with van der Waals surface area (Å²) in [5, 5.41) is 0. The molecule has 0 aromatic heterocycles. The highest BCUT2D eigenvalue weighted by Crippen LogP contribution is 2.27. The average Bonchev–Trinajstić information content (AvgIpc) is 2.26. The van der Waals surface area contributed by atoms with E-state index in [9.17, 15) is 17.2 Å². The fraction of sp³-hybridized carbons (Fsp3) is 0.455. The molecule has 1 aromatic carbocycles. The van der Waals surface area contributed by atoms with Crippen LogP contribution in [-0.2, 0) is 9.05 Å². The van der Waals surface area contributed by atoms with Crippen molar-refractivity contribution >= 4 is 19.7 Å². The third-order valence-electron chi connectivity index (χ3n) is 2.46. The van der Waals surface area contributed by atoms with Crippen LogP contribution in [0, 0.1) is 17.6 Å². The molecule has 1 unspecified atom stereocenters. The number of benzene rings is 1. The van der Waals surface area contributed by atoms with Crippen molar-refractivity contribution in [3.8, 4) is 5.75 Å². The van der Waals surface area contributed by atoms with Gasteiger partial charge in [0, 0.05) is 10.7 Å². The second-order valence-corrected chi connectivity index (χ2v) is 6.54. The van der Waals surface area contributed by atoms with E-state index in [0.29, 0.717) is 12.1 Å². The third-order valence-corrected chi connectivity index (χ3v) is 3.80. The van der Waals surface area contributed by atoms with Crippen LogP contribution in [-0.4, -0.2) is 15.0 Å². The number of rotatable bonds is 5. The quantitative estimate of drug-likeness (QED) is 0.783. The Bertz CT molecular complexity index is 508. The highest BCUT2D eigenvalue weighted by atomic mass is 35.7. The summed E-state index contributed by atoms with van der Waals surface area (Å²) < 4.78 is 53.9. The summed E-state index contributed by atoms with van der Waals surface area (Å²) in [5.41, 5.74) is 0. The molecule has 0 aliphatic rings. The third kappa shape index (κ3) is 3.81. The second-order valence-electron chi connectivity index (χ2n) is 3.98. The largest absolute Gasteiger partial charge is 0.487 e. The van der Waals surface area contributed by atoms with Gasteiger partial charge in [-0.3, -0.25) is 0 Å². The molecule has 0 spiro atoms. The first-order valence-electron chi connectivity index (χ1n) is 5.32. The molecule has 0 saturated heterocycles. The van der Waals surface area contributed by atoms with Crippen molar-refractivity contribution in [1.82, 2.24) is 0 Å². The summed E-state index contributed by atoms with van der Waals surface area (Å²) in [6, 6.07) is 1.27. The maximum Gasteiger partial charge on any atom is 0.261 e. The van der Waals surface area contributed by atoms with E-state index in [4.69, 9.17) is 15.4 Å². The van der Waals surface area contributed by atoms with Crippen molar-refractivity contribution < 1.29 is 21.9 Å². The minimum Gasteiger partial charge on any atom is -0.487 e. The van der Waals surface area contributed by atoms with Gasteiger partial charge in [0.15, 0.2) is 17.4 Å². The average molecular weight is 299 g/mol. The molecule has 0 amide bonds. The Morgan fingerprint density at radius 1 is 1.33 bits per heavy atom. The molecule has 0 fully saturated rings. The van der Waals surface area contributed by atoms with Gasteiger partial charge in [-0.1, -0.05) is 20.3 Å². The fourth-order valence-electron chi connectivity index (χ4n) is 1.16. The van der Waals surface area contributed by atoms with E-state index in [1.54, 1.807) is 0 Å². The van der Waals surface area contributed by atoms with Gasteiger partial charge in [-0.25, -0.2) is 17.2 Å². The standard InChI is InChI=1S/C11H13ClF2O3S/c1-3-7(2)6-17-11-9(13)4-8(5-10(11)14)18(12,15)16/h4-5,7H,3,6H2,1-2H3. The van der Waals surface area contributed by atoms with Crippen LogP contribution in [0.3, 0.4) is 0 Å². The van der Waals surface area contributed by atoms with Crippen LogP contribution >= 0.6 is 10.7 Å². The Labute approximate surface area is 109 Å². The predicted molar refractivity (Wildman–Crippen MR) is 64.3 cm³/mol. The van der Waals surface area contributed by atoms with Gasteiger partial charge >= 0.3 is 0 Å². The van der Waals surface area contributed by atoms with Crippen molar-refractivity contribution in [1.29, 1.82) is 0 Å². The molecule has 0 heterocycles. The number of hydrogen-bond donors (Lipinski definition) is 0.